The van der Waals surface area contributed by atoms with Gasteiger partial charge < -0.3 is 8.98 Å². The van der Waals surface area contributed by atoms with Crippen LogP contribution in [0.5, 0.6) is 0 Å². The molecule has 3 heterocycles. The van der Waals surface area contributed by atoms with Crippen molar-refractivity contribution in [1.29, 1.82) is 0 Å². The van der Waals surface area contributed by atoms with Gasteiger partial charge in [-0.15, -0.1) is 0 Å². The topological polar surface area (TPSA) is 56.7 Å². The van der Waals surface area contributed by atoms with Crippen LogP contribution in [0.15, 0.2) is 271 Å². The van der Waals surface area contributed by atoms with E-state index in [0.29, 0.717) is 17.5 Å². The maximum Gasteiger partial charge on any atom is 0.164 e. The molecule has 5 heteroatoms. The van der Waals surface area contributed by atoms with E-state index in [1.165, 1.54) is 0 Å². The zero-order chi connectivity index (χ0) is 49.0. The second-order valence-electron chi connectivity index (χ2n) is 18.7. The smallest absolute Gasteiger partial charge is 0.164 e. The Morgan fingerprint density at radius 1 is 0.257 bits per heavy atom. The third-order valence-corrected chi connectivity index (χ3v) is 14.2. The Hall–Kier alpha value is -9.97. The molecule has 5 nitrogen and oxygen atoms in total. The van der Waals surface area contributed by atoms with E-state index in [-0.39, 0.29) is 0 Å². The summed E-state index contributed by atoms with van der Waals surface area (Å²) in [5.74, 6) is 1.75. The van der Waals surface area contributed by atoms with Gasteiger partial charge in [0.05, 0.1) is 22.1 Å². The normalized spacial score (nSPS) is 11.5. The first-order chi connectivity index (χ1) is 36.7. The van der Waals surface area contributed by atoms with Gasteiger partial charge in [0.15, 0.2) is 17.5 Å². The lowest BCUT2D eigenvalue weighted by molar-refractivity contribution is 0.674. The molecule has 0 saturated heterocycles. The summed E-state index contributed by atoms with van der Waals surface area (Å²) >= 11 is 0. The van der Waals surface area contributed by atoms with Gasteiger partial charge in [0.2, 0.25) is 0 Å². The fourth-order valence-corrected chi connectivity index (χ4v) is 10.8. The molecule has 0 saturated carbocycles. The monoisotopic (exact) mass is 944 g/mol. The molecule has 0 atom stereocenters. The number of fused-ring (bicyclic) bond motifs is 7. The van der Waals surface area contributed by atoms with Crippen LogP contribution < -0.4 is 0 Å². The van der Waals surface area contributed by atoms with Gasteiger partial charge >= 0.3 is 0 Å². The average molecular weight is 945 g/mol. The largest absolute Gasteiger partial charge is 0.455 e. The molecule has 74 heavy (non-hydrogen) atoms. The maximum absolute atomic E-state index is 7.14. The molecule has 346 valence electrons. The molecule has 0 bridgehead atoms. The molecule has 0 fully saturated rings. The molecule has 0 aliphatic carbocycles. The fraction of sp³-hybridized carbons (Fsp3) is 0. The van der Waals surface area contributed by atoms with Crippen molar-refractivity contribution in [2.75, 3.05) is 0 Å². The van der Waals surface area contributed by atoms with Crippen LogP contribution in [-0.2, 0) is 0 Å². The highest BCUT2D eigenvalue weighted by Crippen LogP contribution is 2.47. The SMILES string of the molecule is c1ccc(-c2cc(-c3ccccc3)cc(-c3nc(-c4ccccc4)nc(-c4cc(-c5ccccc5)c(-n5c6ccccc6c6c7oc8c(-c9ccccc9)cccc8c7ccc65)c(-c5ccccc5)c4)n3)c2)cc1. The van der Waals surface area contributed by atoms with Gasteiger partial charge in [0.25, 0.3) is 0 Å². The number of hydrogen-bond acceptors (Lipinski definition) is 4. The molecule has 14 rings (SSSR count). The number of furan rings is 1. The Morgan fingerprint density at radius 3 is 1.20 bits per heavy atom. The summed E-state index contributed by atoms with van der Waals surface area (Å²) in [4.78, 5) is 16.1. The molecule has 11 aromatic carbocycles. The lowest BCUT2D eigenvalue weighted by Gasteiger charge is -2.21. The summed E-state index contributed by atoms with van der Waals surface area (Å²) in [6, 6.07) is 94.0. The standard InChI is InChI=1S/C69H44N4O/c1-7-22-45(23-8-1)51-40-52(46-24-9-2-10-25-46)42-53(41-51)68-70-67(50-32-17-6-18-33-50)71-69(72-68)54-43-59(48-28-13-4-14-29-48)64(60(44-54)49-30-15-5-16-31-49)73-61-37-20-19-34-58(61)63-62(73)39-38-57-56-36-21-35-55(65(56)74-66(57)63)47-26-11-3-12-27-47/h1-44H. The molecule has 0 spiro atoms. The quantitative estimate of drug-likeness (QED) is 0.145. The Labute approximate surface area is 428 Å². The molecule has 14 aromatic rings. The second kappa shape index (κ2) is 18.0. The van der Waals surface area contributed by atoms with Crippen LogP contribution >= 0.6 is 0 Å². The number of hydrogen-bond donors (Lipinski definition) is 0. The van der Waals surface area contributed by atoms with Crippen LogP contribution in [0.4, 0.5) is 0 Å². The van der Waals surface area contributed by atoms with Gasteiger partial charge in [-0.2, -0.15) is 0 Å². The Bertz CT molecular complexity index is 4260. The van der Waals surface area contributed by atoms with E-state index in [4.69, 9.17) is 19.4 Å². The first-order valence-corrected chi connectivity index (χ1v) is 25.0. The van der Waals surface area contributed by atoms with Crippen LogP contribution in [0.1, 0.15) is 0 Å². The molecular weight excluding hydrogens is 901 g/mol. The van der Waals surface area contributed by atoms with E-state index in [1.807, 2.05) is 18.2 Å². The van der Waals surface area contributed by atoms with Crippen molar-refractivity contribution in [1.82, 2.24) is 19.5 Å². The van der Waals surface area contributed by atoms with Crippen molar-refractivity contribution < 1.29 is 4.42 Å². The van der Waals surface area contributed by atoms with E-state index in [2.05, 4.69) is 253 Å². The highest BCUT2D eigenvalue weighted by atomic mass is 16.3. The van der Waals surface area contributed by atoms with Crippen LogP contribution in [-0.4, -0.2) is 19.5 Å². The lowest BCUT2D eigenvalue weighted by Crippen LogP contribution is -2.04. The number of aromatic nitrogens is 4. The maximum atomic E-state index is 7.14. The van der Waals surface area contributed by atoms with Crippen LogP contribution in [0.25, 0.3) is 139 Å². The highest BCUT2D eigenvalue weighted by Gasteiger charge is 2.26. The minimum absolute atomic E-state index is 0.571. The number of para-hydroxylation sites is 2. The Balaban J connectivity index is 1.05. The highest BCUT2D eigenvalue weighted by molar-refractivity contribution is 6.25. The zero-order valence-electron chi connectivity index (χ0n) is 40.1. The van der Waals surface area contributed by atoms with E-state index in [1.54, 1.807) is 0 Å². The van der Waals surface area contributed by atoms with Crippen LogP contribution in [0.3, 0.4) is 0 Å². The number of rotatable bonds is 9. The van der Waals surface area contributed by atoms with Crippen molar-refractivity contribution in [3.05, 3.63) is 267 Å². The average Bonchev–Trinajstić information content (AvgIpc) is 4.08. The predicted molar refractivity (Wildman–Crippen MR) is 305 cm³/mol. The third-order valence-electron chi connectivity index (χ3n) is 14.2. The lowest BCUT2D eigenvalue weighted by atomic mass is 9.92. The molecular formula is C69H44N4O. The number of benzene rings is 11. The van der Waals surface area contributed by atoms with Crippen molar-refractivity contribution in [2.24, 2.45) is 0 Å². The summed E-state index contributed by atoms with van der Waals surface area (Å²) < 4.78 is 9.58. The second-order valence-corrected chi connectivity index (χ2v) is 18.7. The van der Waals surface area contributed by atoms with E-state index < -0.39 is 0 Å². The van der Waals surface area contributed by atoms with E-state index in [9.17, 15) is 0 Å². The molecule has 0 aliphatic rings. The summed E-state index contributed by atoms with van der Waals surface area (Å²) in [7, 11) is 0. The number of nitrogens with zero attached hydrogens (tertiary/aromatic N) is 4. The van der Waals surface area contributed by atoms with Crippen molar-refractivity contribution in [2.45, 2.75) is 0 Å². The van der Waals surface area contributed by atoms with Crippen molar-refractivity contribution in [3.8, 4) is 95.5 Å². The van der Waals surface area contributed by atoms with Crippen molar-refractivity contribution >= 4 is 43.7 Å². The molecule has 0 aliphatic heterocycles. The zero-order valence-corrected chi connectivity index (χ0v) is 40.1. The minimum Gasteiger partial charge on any atom is -0.455 e. The Morgan fingerprint density at radius 2 is 0.662 bits per heavy atom. The first-order valence-electron chi connectivity index (χ1n) is 25.0. The summed E-state index contributed by atoms with van der Waals surface area (Å²) in [6.07, 6.45) is 0. The van der Waals surface area contributed by atoms with Crippen molar-refractivity contribution in [3.63, 3.8) is 0 Å². The fourth-order valence-electron chi connectivity index (χ4n) is 10.8. The van der Waals surface area contributed by atoms with Crippen LogP contribution in [0, 0.1) is 0 Å². The molecule has 3 aromatic heterocycles. The molecule has 0 N–H and O–H groups in total. The molecule has 0 radical (unpaired) electrons. The van der Waals surface area contributed by atoms with Gasteiger partial charge in [-0.05, 0) is 87.5 Å². The summed E-state index contributed by atoms with van der Waals surface area (Å²) in [6.45, 7) is 0. The molecule has 0 unspecified atom stereocenters. The first kappa shape index (κ1) is 42.9. The van der Waals surface area contributed by atoms with Gasteiger partial charge in [0, 0.05) is 49.5 Å². The van der Waals surface area contributed by atoms with Gasteiger partial charge in [-0.25, -0.2) is 15.0 Å². The van der Waals surface area contributed by atoms with Gasteiger partial charge in [-0.1, -0.05) is 218 Å². The minimum atomic E-state index is 0.571. The third kappa shape index (κ3) is 7.46. The van der Waals surface area contributed by atoms with E-state index >= 15 is 0 Å². The van der Waals surface area contributed by atoms with Crippen LogP contribution in [0.2, 0.25) is 0 Å². The van der Waals surface area contributed by atoms with Gasteiger partial charge in [0.1, 0.15) is 11.2 Å². The Kier molecular flexibility index (Phi) is 10.4. The summed E-state index contributed by atoms with van der Waals surface area (Å²) in [5, 5.41) is 4.35. The predicted octanol–water partition coefficient (Wildman–Crippen LogP) is 18.2. The van der Waals surface area contributed by atoms with Gasteiger partial charge in [-0.3, -0.25) is 0 Å². The molecule has 0 amide bonds. The van der Waals surface area contributed by atoms with E-state index in [0.717, 1.165) is 122 Å². The summed E-state index contributed by atoms with van der Waals surface area (Å²) in [5.41, 5.74) is 18.3.